The van der Waals surface area contributed by atoms with Gasteiger partial charge in [0, 0.05) is 11.3 Å². The van der Waals surface area contributed by atoms with Crippen molar-refractivity contribution >= 4 is 33.3 Å². The Hall–Kier alpha value is -2.47. The summed E-state index contributed by atoms with van der Waals surface area (Å²) in [6.07, 6.45) is 7.20. The Labute approximate surface area is 156 Å². The van der Waals surface area contributed by atoms with E-state index in [2.05, 4.69) is 15.3 Å². The maximum Gasteiger partial charge on any atom is 0.225 e. The van der Waals surface area contributed by atoms with Gasteiger partial charge in [-0.1, -0.05) is 18.2 Å². The summed E-state index contributed by atoms with van der Waals surface area (Å²) in [6, 6.07) is 9.65. The smallest absolute Gasteiger partial charge is 0.225 e. The molecule has 1 amide bonds. The number of amides is 1. The first-order chi connectivity index (χ1) is 12.8. The van der Waals surface area contributed by atoms with E-state index >= 15 is 0 Å². The van der Waals surface area contributed by atoms with Gasteiger partial charge in [-0.3, -0.25) is 4.79 Å². The minimum absolute atomic E-state index is 0.0302. The SMILES string of the molecule is O=C(CCCOc1ccccc1)Nc1ncnc2sc3c(c12)CCCC3. The van der Waals surface area contributed by atoms with Crippen LogP contribution < -0.4 is 10.1 Å². The van der Waals surface area contributed by atoms with Crippen LogP contribution >= 0.6 is 11.3 Å². The fourth-order valence-electron chi connectivity index (χ4n) is 3.32. The van der Waals surface area contributed by atoms with E-state index in [4.69, 9.17) is 4.74 Å². The number of carbonyl (C=O) groups is 1. The molecule has 1 N–H and O–H groups in total. The molecule has 0 spiro atoms. The van der Waals surface area contributed by atoms with E-state index in [9.17, 15) is 4.79 Å². The van der Waals surface area contributed by atoms with E-state index < -0.39 is 0 Å². The van der Waals surface area contributed by atoms with Gasteiger partial charge in [-0.15, -0.1) is 11.3 Å². The molecule has 1 aliphatic rings. The topological polar surface area (TPSA) is 64.1 Å². The van der Waals surface area contributed by atoms with Crippen molar-refractivity contribution in [2.75, 3.05) is 11.9 Å². The second kappa shape index (κ2) is 7.83. The number of hydrogen-bond acceptors (Lipinski definition) is 5. The summed E-state index contributed by atoms with van der Waals surface area (Å²) in [5.41, 5.74) is 1.33. The van der Waals surface area contributed by atoms with Gasteiger partial charge in [0.15, 0.2) is 0 Å². The average Bonchev–Trinajstić information content (AvgIpc) is 3.06. The van der Waals surface area contributed by atoms with Gasteiger partial charge in [0.1, 0.15) is 22.7 Å². The lowest BCUT2D eigenvalue weighted by molar-refractivity contribution is -0.116. The number of hydrogen-bond donors (Lipinski definition) is 1. The van der Waals surface area contributed by atoms with Crippen LogP contribution in [0.5, 0.6) is 5.75 Å². The zero-order valence-electron chi connectivity index (χ0n) is 14.5. The summed E-state index contributed by atoms with van der Waals surface area (Å²) >= 11 is 1.74. The first-order valence-electron chi connectivity index (χ1n) is 9.04. The third-order valence-electron chi connectivity index (χ3n) is 4.57. The number of nitrogens with one attached hydrogen (secondary N) is 1. The number of fused-ring (bicyclic) bond motifs is 3. The molecule has 26 heavy (non-hydrogen) atoms. The van der Waals surface area contributed by atoms with Gasteiger partial charge in [0.25, 0.3) is 0 Å². The summed E-state index contributed by atoms with van der Waals surface area (Å²) in [5, 5.41) is 4.02. The molecular formula is C20H21N3O2S. The first-order valence-corrected chi connectivity index (χ1v) is 9.86. The molecule has 1 aliphatic carbocycles. The van der Waals surface area contributed by atoms with Crippen molar-refractivity contribution in [1.29, 1.82) is 0 Å². The second-order valence-electron chi connectivity index (χ2n) is 6.43. The molecule has 0 saturated carbocycles. The maximum atomic E-state index is 12.3. The van der Waals surface area contributed by atoms with E-state index in [1.165, 1.54) is 23.3 Å². The quantitative estimate of drug-likeness (QED) is 0.657. The monoisotopic (exact) mass is 367 g/mol. The number of thiophene rings is 1. The molecule has 5 nitrogen and oxygen atoms in total. The minimum Gasteiger partial charge on any atom is -0.494 e. The zero-order chi connectivity index (χ0) is 17.8. The molecule has 134 valence electrons. The van der Waals surface area contributed by atoms with Gasteiger partial charge >= 0.3 is 0 Å². The van der Waals surface area contributed by atoms with Crippen molar-refractivity contribution in [3.8, 4) is 5.75 Å². The second-order valence-corrected chi connectivity index (χ2v) is 7.51. The van der Waals surface area contributed by atoms with Crippen LogP contribution in [0.15, 0.2) is 36.7 Å². The van der Waals surface area contributed by atoms with E-state index in [1.54, 1.807) is 17.7 Å². The normalized spacial score (nSPS) is 13.4. The number of carbonyl (C=O) groups excluding carboxylic acids is 1. The van der Waals surface area contributed by atoms with Crippen LogP contribution in [0.25, 0.3) is 10.2 Å². The maximum absolute atomic E-state index is 12.3. The third kappa shape index (κ3) is 3.70. The van der Waals surface area contributed by atoms with Gasteiger partial charge < -0.3 is 10.1 Å². The number of ether oxygens (including phenoxy) is 1. The van der Waals surface area contributed by atoms with E-state index in [-0.39, 0.29) is 5.91 Å². The average molecular weight is 367 g/mol. The van der Waals surface area contributed by atoms with Crippen molar-refractivity contribution in [2.45, 2.75) is 38.5 Å². The van der Waals surface area contributed by atoms with Crippen LogP contribution in [0.1, 0.15) is 36.1 Å². The molecule has 2 aromatic heterocycles. The third-order valence-corrected chi connectivity index (χ3v) is 5.77. The predicted octanol–water partition coefficient (Wildman–Crippen LogP) is 4.37. The van der Waals surface area contributed by atoms with Gasteiger partial charge in [-0.25, -0.2) is 9.97 Å². The fraction of sp³-hybridized carbons (Fsp3) is 0.350. The van der Waals surface area contributed by atoms with Crippen LogP contribution in [0, 0.1) is 0 Å². The molecule has 4 rings (SSSR count). The molecule has 0 radical (unpaired) electrons. The van der Waals surface area contributed by atoms with E-state index in [1.807, 2.05) is 30.3 Å². The number of aryl methyl sites for hydroxylation is 2. The lowest BCUT2D eigenvalue weighted by Gasteiger charge is -2.12. The molecule has 1 aromatic carbocycles. The summed E-state index contributed by atoms with van der Waals surface area (Å²) in [5.74, 6) is 1.45. The molecule has 6 heteroatoms. The van der Waals surface area contributed by atoms with Crippen LogP contribution in [-0.2, 0) is 17.6 Å². The molecule has 0 unspecified atom stereocenters. The summed E-state index contributed by atoms with van der Waals surface area (Å²) in [6.45, 7) is 0.518. The van der Waals surface area contributed by atoms with Crippen molar-refractivity contribution in [3.63, 3.8) is 0 Å². The van der Waals surface area contributed by atoms with Crippen molar-refractivity contribution in [2.24, 2.45) is 0 Å². The highest BCUT2D eigenvalue weighted by atomic mass is 32.1. The Morgan fingerprint density at radius 3 is 2.88 bits per heavy atom. The number of benzene rings is 1. The molecule has 0 saturated heterocycles. The summed E-state index contributed by atoms with van der Waals surface area (Å²) < 4.78 is 5.63. The fourth-order valence-corrected chi connectivity index (χ4v) is 4.55. The number of anilines is 1. The van der Waals surface area contributed by atoms with Gasteiger partial charge in [0.05, 0.1) is 12.0 Å². The Morgan fingerprint density at radius 1 is 1.15 bits per heavy atom. The van der Waals surface area contributed by atoms with Gasteiger partial charge in [-0.05, 0) is 49.8 Å². The van der Waals surface area contributed by atoms with Crippen molar-refractivity contribution in [1.82, 2.24) is 9.97 Å². The molecule has 0 aliphatic heterocycles. The summed E-state index contributed by atoms with van der Waals surface area (Å²) in [4.78, 5) is 23.5. The van der Waals surface area contributed by atoms with Crippen molar-refractivity contribution in [3.05, 3.63) is 47.1 Å². The summed E-state index contributed by atoms with van der Waals surface area (Å²) in [7, 11) is 0. The Balaban J connectivity index is 1.38. The Bertz CT molecular complexity index is 908. The Kier molecular flexibility index (Phi) is 5.11. The highest BCUT2D eigenvalue weighted by Gasteiger charge is 2.20. The number of rotatable bonds is 6. The van der Waals surface area contributed by atoms with E-state index in [0.717, 1.165) is 28.8 Å². The minimum atomic E-state index is -0.0302. The first kappa shape index (κ1) is 17.0. The highest BCUT2D eigenvalue weighted by molar-refractivity contribution is 7.19. The molecule has 0 atom stereocenters. The lowest BCUT2D eigenvalue weighted by Crippen LogP contribution is -2.14. The van der Waals surface area contributed by atoms with Crippen LogP contribution in [-0.4, -0.2) is 22.5 Å². The molecule has 0 fully saturated rings. The number of aromatic nitrogens is 2. The molecular weight excluding hydrogens is 346 g/mol. The van der Waals surface area contributed by atoms with Crippen LogP contribution in [0.2, 0.25) is 0 Å². The lowest BCUT2D eigenvalue weighted by atomic mass is 9.97. The molecule has 2 heterocycles. The largest absolute Gasteiger partial charge is 0.494 e. The van der Waals surface area contributed by atoms with Gasteiger partial charge in [-0.2, -0.15) is 0 Å². The highest BCUT2D eigenvalue weighted by Crippen LogP contribution is 2.38. The molecule has 0 bridgehead atoms. The molecule has 3 aromatic rings. The van der Waals surface area contributed by atoms with Gasteiger partial charge in [0.2, 0.25) is 5.91 Å². The van der Waals surface area contributed by atoms with Crippen molar-refractivity contribution < 1.29 is 9.53 Å². The predicted molar refractivity (Wildman–Crippen MR) is 104 cm³/mol. The number of para-hydroxylation sites is 1. The standard InChI is InChI=1S/C20H21N3O2S/c24-17(11-6-12-25-14-7-2-1-3-8-14)23-19-18-15-9-4-5-10-16(15)26-20(18)22-13-21-19/h1-3,7-8,13H,4-6,9-12H2,(H,21,22,23,24). The number of nitrogens with zero attached hydrogens (tertiary/aromatic N) is 2. The zero-order valence-corrected chi connectivity index (χ0v) is 15.3. The Morgan fingerprint density at radius 2 is 2.00 bits per heavy atom. The van der Waals surface area contributed by atoms with Crippen LogP contribution in [0.4, 0.5) is 5.82 Å². The van der Waals surface area contributed by atoms with Crippen LogP contribution in [0.3, 0.4) is 0 Å². The van der Waals surface area contributed by atoms with E-state index in [0.29, 0.717) is 25.3 Å².